The van der Waals surface area contributed by atoms with Crippen LogP contribution in [0.3, 0.4) is 0 Å². The molecule has 0 unspecified atom stereocenters. The van der Waals surface area contributed by atoms with Crippen LogP contribution in [0.1, 0.15) is 25.7 Å². The molecule has 0 spiro atoms. The van der Waals surface area contributed by atoms with Gasteiger partial charge in [-0.05, 0) is 18.6 Å². The van der Waals surface area contributed by atoms with Crippen molar-refractivity contribution in [2.24, 2.45) is 0 Å². The summed E-state index contributed by atoms with van der Waals surface area (Å²) in [5, 5.41) is 14.3. The third kappa shape index (κ3) is 4.33. The maximum Gasteiger partial charge on any atom is 0.306 e. The average Bonchev–Trinajstić information content (AvgIpc) is 2.66. The molecule has 1 heterocycles. The molecule has 0 aliphatic heterocycles. The highest BCUT2D eigenvalue weighted by Crippen LogP contribution is 2.09. The van der Waals surface area contributed by atoms with Crippen molar-refractivity contribution in [2.45, 2.75) is 32.2 Å². The van der Waals surface area contributed by atoms with Crippen molar-refractivity contribution < 1.29 is 4.92 Å². The van der Waals surface area contributed by atoms with Gasteiger partial charge in [-0.2, -0.15) is 17.7 Å². The molecule has 5 nitrogen and oxygen atoms in total. The van der Waals surface area contributed by atoms with Crippen molar-refractivity contribution in [2.75, 3.05) is 5.75 Å². The van der Waals surface area contributed by atoms with Crippen LogP contribution in [0.5, 0.6) is 0 Å². The second-order valence-electron chi connectivity index (χ2n) is 3.36. The molecule has 0 aromatic carbocycles. The van der Waals surface area contributed by atoms with Crippen LogP contribution < -0.4 is 0 Å². The summed E-state index contributed by atoms with van der Waals surface area (Å²) in [6, 6.07) is 0. The molecule has 0 aliphatic rings. The van der Waals surface area contributed by atoms with E-state index in [0.29, 0.717) is 0 Å². The van der Waals surface area contributed by atoms with Gasteiger partial charge in [0, 0.05) is 6.54 Å². The van der Waals surface area contributed by atoms with Gasteiger partial charge in [0.2, 0.25) is 0 Å². The largest absolute Gasteiger partial charge is 0.306 e. The first-order valence-corrected chi connectivity index (χ1v) is 5.65. The van der Waals surface area contributed by atoms with Crippen molar-refractivity contribution >= 4 is 18.3 Å². The highest BCUT2D eigenvalue weighted by Gasteiger charge is 2.07. The molecule has 1 aromatic rings. The van der Waals surface area contributed by atoms with Crippen molar-refractivity contribution in [1.82, 2.24) is 9.78 Å². The summed E-state index contributed by atoms with van der Waals surface area (Å²) in [5.41, 5.74) is 0.0605. The third-order valence-corrected chi connectivity index (χ3v) is 2.44. The van der Waals surface area contributed by atoms with E-state index in [9.17, 15) is 10.1 Å². The zero-order valence-electron chi connectivity index (χ0n) is 8.50. The summed E-state index contributed by atoms with van der Waals surface area (Å²) in [7, 11) is 0. The standard InChI is InChI=1S/C9H15N3O2S/c13-12(14)9-7-10-11(8-9)5-3-1-2-4-6-15/h7-8,15H,1-6H2. The monoisotopic (exact) mass is 229 g/mol. The fourth-order valence-electron chi connectivity index (χ4n) is 1.31. The van der Waals surface area contributed by atoms with Crippen LogP contribution in [-0.4, -0.2) is 20.5 Å². The van der Waals surface area contributed by atoms with Gasteiger partial charge in [-0.3, -0.25) is 14.8 Å². The van der Waals surface area contributed by atoms with E-state index in [1.807, 2.05) is 0 Å². The molecule has 0 N–H and O–H groups in total. The van der Waals surface area contributed by atoms with Crippen LogP contribution in [0.2, 0.25) is 0 Å². The van der Waals surface area contributed by atoms with Gasteiger partial charge < -0.3 is 0 Å². The molecule has 0 saturated carbocycles. The highest BCUT2D eigenvalue weighted by atomic mass is 32.1. The Kier molecular flexibility index (Phi) is 5.17. The predicted molar refractivity (Wildman–Crippen MR) is 61.2 cm³/mol. The number of rotatable bonds is 7. The normalized spacial score (nSPS) is 10.5. The number of unbranched alkanes of at least 4 members (excludes halogenated alkanes) is 3. The van der Waals surface area contributed by atoms with E-state index in [1.54, 1.807) is 4.68 Å². The minimum absolute atomic E-state index is 0.0605. The Balaban J connectivity index is 2.23. The van der Waals surface area contributed by atoms with E-state index in [0.717, 1.165) is 38.0 Å². The van der Waals surface area contributed by atoms with Gasteiger partial charge >= 0.3 is 5.69 Å². The number of aryl methyl sites for hydroxylation is 1. The first-order valence-electron chi connectivity index (χ1n) is 5.01. The van der Waals surface area contributed by atoms with Crippen molar-refractivity contribution in [3.63, 3.8) is 0 Å². The summed E-state index contributed by atoms with van der Waals surface area (Å²) in [4.78, 5) is 9.95. The lowest BCUT2D eigenvalue weighted by atomic mass is 10.2. The van der Waals surface area contributed by atoms with E-state index >= 15 is 0 Å². The summed E-state index contributed by atoms with van der Waals surface area (Å²) >= 11 is 4.13. The van der Waals surface area contributed by atoms with E-state index in [-0.39, 0.29) is 5.69 Å². The van der Waals surface area contributed by atoms with Crippen molar-refractivity contribution in [3.05, 3.63) is 22.5 Å². The number of aromatic nitrogens is 2. The number of hydrogen-bond donors (Lipinski definition) is 1. The van der Waals surface area contributed by atoms with E-state index in [4.69, 9.17) is 0 Å². The lowest BCUT2D eigenvalue weighted by Crippen LogP contribution is -1.98. The molecule has 0 atom stereocenters. The lowest BCUT2D eigenvalue weighted by molar-refractivity contribution is -0.385. The van der Waals surface area contributed by atoms with E-state index in [2.05, 4.69) is 17.7 Å². The Bertz CT molecular complexity index is 314. The Morgan fingerprint density at radius 3 is 2.73 bits per heavy atom. The summed E-state index contributed by atoms with van der Waals surface area (Å²) in [6.45, 7) is 0.750. The van der Waals surface area contributed by atoms with Crippen LogP contribution in [0, 0.1) is 10.1 Å². The molecule has 84 valence electrons. The smallest absolute Gasteiger partial charge is 0.266 e. The van der Waals surface area contributed by atoms with Gasteiger partial charge in [-0.15, -0.1) is 0 Å². The number of thiol groups is 1. The molecule has 0 bridgehead atoms. The van der Waals surface area contributed by atoms with E-state index in [1.165, 1.54) is 12.4 Å². The van der Waals surface area contributed by atoms with E-state index < -0.39 is 4.92 Å². The van der Waals surface area contributed by atoms with Gasteiger partial charge in [-0.1, -0.05) is 12.8 Å². The average molecular weight is 229 g/mol. The van der Waals surface area contributed by atoms with Gasteiger partial charge in [0.05, 0.1) is 4.92 Å². The van der Waals surface area contributed by atoms with Gasteiger partial charge in [0.25, 0.3) is 0 Å². The summed E-state index contributed by atoms with van der Waals surface area (Å²) in [6.07, 6.45) is 7.17. The molecule has 0 radical (unpaired) electrons. The molecule has 1 aromatic heterocycles. The Hall–Kier alpha value is -1.04. The lowest BCUT2D eigenvalue weighted by Gasteiger charge is -1.99. The maximum atomic E-state index is 10.4. The van der Waals surface area contributed by atoms with Gasteiger partial charge in [-0.25, -0.2) is 0 Å². The second-order valence-corrected chi connectivity index (χ2v) is 3.80. The van der Waals surface area contributed by atoms with Crippen LogP contribution in [0.25, 0.3) is 0 Å². The molecule has 0 fully saturated rings. The molecular formula is C9H15N3O2S. The van der Waals surface area contributed by atoms with Crippen LogP contribution in [-0.2, 0) is 6.54 Å². The predicted octanol–water partition coefficient (Wildman–Crippen LogP) is 2.28. The molecule has 0 aliphatic carbocycles. The zero-order valence-corrected chi connectivity index (χ0v) is 9.40. The Labute approximate surface area is 94.0 Å². The molecule has 6 heteroatoms. The number of hydrogen-bond acceptors (Lipinski definition) is 4. The van der Waals surface area contributed by atoms with Crippen LogP contribution in [0.15, 0.2) is 12.4 Å². The van der Waals surface area contributed by atoms with Crippen molar-refractivity contribution in [3.8, 4) is 0 Å². The molecule has 1 rings (SSSR count). The van der Waals surface area contributed by atoms with Crippen LogP contribution in [0.4, 0.5) is 5.69 Å². The fraction of sp³-hybridized carbons (Fsp3) is 0.667. The quantitative estimate of drug-likeness (QED) is 0.338. The summed E-state index contributed by atoms with van der Waals surface area (Å²) in [5.74, 6) is 0.924. The molecule has 15 heavy (non-hydrogen) atoms. The van der Waals surface area contributed by atoms with Crippen molar-refractivity contribution in [1.29, 1.82) is 0 Å². The highest BCUT2D eigenvalue weighted by molar-refractivity contribution is 7.80. The first kappa shape index (κ1) is 12.0. The molecule has 0 amide bonds. The summed E-state index contributed by atoms with van der Waals surface area (Å²) < 4.78 is 1.62. The zero-order chi connectivity index (χ0) is 11.1. The molecular weight excluding hydrogens is 214 g/mol. The number of nitrogens with zero attached hydrogens (tertiary/aromatic N) is 3. The fourth-order valence-corrected chi connectivity index (χ4v) is 1.53. The third-order valence-electron chi connectivity index (χ3n) is 2.13. The topological polar surface area (TPSA) is 61.0 Å². The second kappa shape index (κ2) is 6.44. The SMILES string of the molecule is O=[N+]([O-])c1cnn(CCCCCCS)c1. The minimum atomic E-state index is -0.426. The first-order chi connectivity index (χ1) is 7.24. The van der Waals surface area contributed by atoms with Gasteiger partial charge in [0.15, 0.2) is 0 Å². The van der Waals surface area contributed by atoms with Gasteiger partial charge in [0.1, 0.15) is 12.4 Å². The number of nitro groups is 1. The minimum Gasteiger partial charge on any atom is -0.266 e. The Morgan fingerprint density at radius 2 is 2.13 bits per heavy atom. The van der Waals surface area contributed by atoms with Crippen LogP contribution >= 0.6 is 12.6 Å². The molecule has 0 saturated heterocycles. The maximum absolute atomic E-state index is 10.4. The Morgan fingerprint density at radius 1 is 1.40 bits per heavy atom.